The van der Waals surface area contributed by atoms with E-state index in [0.717, 1.165) is 18.2 Å². The minimum atomic E-state index is 0.398. The van der Waals surface area contributed by atoms with Crippen LogP contribution in [0, 0.1) is 0 Å². The third kappa shape index (κ3) is 3.93. The molecule has 0 radical (unpaired) electrons. The Labute approximate surface area is 113 Å². The number of nitrogens with one attached hydrogen (secondary N) is 2. The molecule has 0 saturated carbocycles. The van der Waals surface area contributed by atoms with Crippen LogP contribution in [0.3, 0.4) is 0 Å². The van der Waals surface area contributed by atoms with Gasteiger partial charge in [-0.3, -0.25) is 0 Å². The van der Waals surface area contributed by atoms with E-state index in [-0.39, 0.29) is 0 Å². The summed E-state index contributed by atoms with van der Waals surface area (Å²) >= 11 is 0. The standard InChI is InChI=1S/C14H18N4O/c1-15-12-8-13(18-14(17-12)10-19-2)16-9-11-6-4-3-5-7-11/h3-8H,9-10H2,1-2H3,(H2,15,16,17,18). The molecule has 5 nitrogen and oxygen atoms in total. The van der Waals surface area contributed by atoms with E-state index >= 15 is 0 Å². The lowest BCUT2D eigenvalue weighted by molar-refractivity contribution is 0.178. The second-order valence-corrected chi connectivity index (χ2v) is 4.08. The van der Waals surface area contributed by atoms with Crippen molar-refractivity contribution in [1.29, 1.82) is 0 Å². The first kappa shape index (κ1) is 13.3. The van der Waals surface area contributed by atoms with E-state index in [1.807, 2.05) is 31.3 Å². The van der Waals surface area contributed by atoms with Gasteiger partial charge in [0.05, 0.1) is 0 Å². The number of ether oxygens (including phenoxy) is 1. The molecule has 2 N–H and O–H groups in total. The molecule has 5 heteroatoms. The highest BCUT2D eigenvalue weighted by Crippen LogP contribution is 2.12. The fourth-order valence-electron chi connectivity index (χ4n) is 1.70. The summed E-state index contributed by atoms with van der Waals surface area (Å²) in [6.07, 6.45) is 0. The number of hydrogen-bond donors (Lipinski definition) is 2. The van der Waals surface area contributed by atoms with Gasteiger partial charge in [-0.2, -0.15) is 0 Å². The van der Waals surface area contributed by atoms with Crippen molar-refractivity contribution >= 4 is 11.6 Å². The minimum Gasteiger partial charge on any atom is -0.377 e. The number of nitrogens with zero attached hydrogens (tertiary/aromatic N) is 2. The number of hydrogen-bond acceptors (Lipinski definition) is 5. The second-order valence-electron chi connectivity index (χ2n) is 4.08. The zero-order valence-corrected chi connectivity index (χ0v) is 11.2. The fraction of sp³-hybridized carbons (Fsp3) is 0.286. The van der Waals surface area contributed by atoms with Crippen molar-refractivity contribution in [3.05, 3.63) is 47.8 Å². The Morgan fingerprint density at radius 1 is 1.11 bits per heavy atom. The van der Waals surface area contributed by atoms with E-state index < -0.39 is 0 Å². The molecule has 2 aromatic rings. The summed E-state index contributed by atoms with van der Waals surface area (Å²) < 4.78 is 5.06. The molecule has 1 heterocycles. The molecule has 0 amide bonds. The van der Waals surface area contributed by atoms with Gasteiger partial charge in [0.15, 0.2) is 5.82 Å². The largest absolute Gasteiger partial charge is 0.377 e. The van der Waals surface area contributed by atoms with Crippen LogP contribution in [0.1, 0.15) is 11.4 Å². The summed E-state index contributed by atoms with van der Waals surface area (Å²) in [5, 5.41) is 6.31. The molecule has 100 valence electrons. The van der Waals surface area contributed by atoms with Crippen molar-refractivity contribution in [2.75, 3.05) is 24.8 Å². The normalized spacial score (nSPS) is 10.2. The van der Waals surface area contributed by atoms with Crippen LogP contribution in [0.4, 0.5) is 11.6 Å². The summed E-state index contributed by atoms with van der Waals surface area (Å²) in [5.41, 5.74) is 1.21. The van der Waals surface area contributed by atoms with Crippen molar-refractivity contribution in [2.24, 2.45) is 0 Å². The Bertz CT molecular complexity index is 516. The Morgan fingerprint density at radius 2 is 1.84 bits per heavy atom. The Morgan fingerprint density at radius 3 is 2.53 bits per heavy atom. The van der Waals surface area contributed by atoms with E-state index in [9.17, 15) is 0 Å². The predicted molar refractivity (Wildman–Crippen MR) is 76.1 cm³/mol. The molecule has 19 heavy (non-hydrogen) atoms. The van der Waals surface area contributed by atoms with Crippen molar-refractivity contribution in [3.63, 3.8) is 0 Å². The molecule has 0 atom stereocenters. The zero-order valence-electron chi connectivity index (χ0n) is 11.2. The summed E-state index contributed by atoms with van der Waals surface area (Å²) in [4.78, 5) is 8.71. The predicted octanol–water partition coefficient (Wildman–Crippen LogP) is 2.28. The lowest BCUT2D eigenvalue weighted by atomic mass is 10.2. The summed E-state index contributed by atoms with van der Waals surface area (Å²) in [5.74, 6) is 2.22. The number of anilines is 2. The highest BCUT2D eigenvalue weighted by Gasteiger charge is 2.03. The first-order valence-corrected chi connectivity index (χ1v) is 6.14. The summed E-state index contributed by atoms with van der Waals surface area (Å²) in [6, 6.07) is 12.1. The molecule has 0 aliphatic rings. The third-order valence-electron chi connectivity index (χ3n) is 2.62. The van der Waals surface area contributed by atoms with E-state index in [4.69, 9.17) is 4.74 Å². The molecule has 0 spiro atoms. The van der Waals surface area contributed by atoms with Gasteiger partial charge in [-0.25, -0.2) is 9.97 Å². The van der Waals surface area contributed by atoms with E-state index in [0.29, 0.717) is 12.4 Å². The molecule has 2 rings (SSSR count). The second kappa shape index (κ2) is 6.70. The van der Waals surface area contributed by atoms with Crippen molar-refractivity contribution in [1.82, 2.24) is 9.97 Å². The van der Waals surface area contributed by atoms with Gasteiger partial charge in [0.1, 0.15) is 18.2 Å². The molecule has 0 aliphatic carbocycles. The Kier molecular flexibility index (Phi) is 4.69. The first-order valence-electron chi connectivity index (χ1n) is 6.14. The van der Waals surface area contributed by atoms with Gasteiger partial charge < -0.3 is 15.4 Å². The van der Waals surface area contributed by atoms with Gasteiger partial charge in [-0.15, -0.1) is 0 Å². The molecular weight excluding hydrogens is 240 g/mol. The maximum atomic E-state index is 5.06. The SMILES string of the molecule is CNc1cc(NCc2ccccc2)nc(COC)n1. The molecule has 0 bridgehead atoms. The average molecular weight is 258 g/mol. The van der Waals surface area contributed by atoms with Gasteiger partial charge in [0.2, 0.25) is 0 Å². The molecule has 0 aliphatic heterocycles. The lowest BCUT2D eigenvalue weighted by Gasteiger charge is -2.09. The quantitative estimate of drug-likeness (QED) is 0.832. The Balaban J connectivity index is 2.08. The van der Waals surface area contributed by atoms with Gasteiger partial charge in [0, 0.05) is 26.8 Å². The average Bonchev–Trinajstić information content (AvgIpc) is 2.46. The van der Waals surface area contributed by atoms with Crippen molar-refractivity contribution < 1.29 is 4.74 Å². The van der Waals surface area contributed by atoms with Gasteiger partial charge in [0.25, 0.3) is 0 Å². The smallest absolute Gasteiger partial charge is 0.158 e. The van der Waals surface area contributed by atoms with Crippen LogP contribution >= 0.6 is 0 Å². The maximum Gasteiger partial charge on any atom is 0.158 e. The fourth-order valence-corrected chi connectivity index (χ4v) is 1.70. The van der Waals surface area contributed by atoms with E-state index in [1.54, 1.807) is 7.11 Å². The molecule has 1 aromatic heterocycles. The number of rotatable bonds is 6. The molecule has 0 saturated heterocycles. The summed E-state index contributed by atoms with van der Waals surface area (Å²) in [6.45, 7) is 1.13. The van der Waals surface area contributed by atoms with Crippen LogP contribution in [0.2, 0.25) is 0 Å². The number of aromatic nitrogens is 2. The van der Waals surface area contributed by atoms with Crippen LogP contribution in [0.15, 0.2) is 36.4 Å². The summed E-state index contributed by atoms with van der Waals surface area (Å²) in [7, 11) is 3.46. The zero-order chi connectivity index (χ0) is 13.5. The molecule has 1 aromatic carbocycles. The van der Waals surface area contributed by atoms with Gasteiger partial charge >= 0.3 is 0 Å². The van der Waals surface area contributed by atoms with E-state index in [1.165, 1.54) is 5.56 Å². The maximum absolute atomic E-state index is 5.06. The van der Waals surface area contributed by atoms with Crippen LogP contribution in [-0.4, -0.2) is 24.1 Å². The molecule has 0 unspecified atom stereocenters. The highest BCUT2D eigenvalue weighted by molar-refractivity contribution is 5.47. The first-order chi connectivity index (χ1) is 9.31. The van der Waals surface area contributed by atoms with Crippen LogP contribution in [-0.2, 0) is 17.9 Å². The van der Waals surface area contributed by atoms with Gasteiger partial charge in [-0.1, -0.05) is 30.3 Å². The van der Waals surface area contributed by atoms with Crippen LogP contribution in [0.5, 0.6) is 0 Å². The van der Waals surface area contributed by atoms with Crippen molar-refractivity contribution in [2.45, 2.75) is 13.2 Å². The number of benzene rings is 1. The van der Waals surface area contributed by atoms with Crippen LogP contribution < -0.4 is 10.6 Å². The third-order valence-corrected chi connectivity index (χ3v) is 2.62. The van der Waals surface area contributed by atoms with Gasteiger partial charge in [-0.05, 0) is 5.56 Å². The molecular formula is C14H18N4O. The minimum absolute atomic E-state index is 0.398. The molecule has 0 fully saturated rings. The number of methoxy groups -OCH3 is 1. The van der Waals surface area contributed by atoms with Crippen LogP contribution in [0.25, 0.3) is 0 Å². The van der Waals surface area contributed by atoms with Crippen molar-refractivity contribution in [3.8, 4) is 0 Å². The van der Waals surface area contributed by atoms with E-state index in [2.05, 4.69) is 32.7 Å². The lowest BCUT2D eigenvalue weighted by Crippen LogP contribution is -2.07. The monoisotopic (exact) mass is 258 g/mol. The topological polar surface area (TPSA) is 59.1 Å². The Hall–Kier alpha value is -2.14. The highest BCUT2D eigenvalue weighted by atomic mass is 16.5.